The molecule has 0 aliphatic heterocycles. The minimum Gasteiger partial charge on any atom is -0.452 e. The number of hydrogen-bond donors (Lipinski definition) is 1. The van der Waals surface area contributed by atoms with Crippen molar-refractivity contribution < 1.29 is 13.2 Å². The molecule has 0 saturated heterocycles. The second-order valence-corrected chi connectivity index (χ2v) is 4.95. The highest BCUT2D eigenvalue weighted by atomic mass is 79.9. The van der Waals surface area contributed by atoms with Crippen molar-refractivity contribution in [2.45, 2.75) is 19.4 Å². The highest BCUT2D eigenvalue weighted by Crippen LogP contribution is 2.28. The van der Waals surface area contributed by atoms with E-state index in [2.05, 4.69) is 21.2 Å². The van der Waals surface area contributed by atoms with Gasteiger partial charge in [0.05, 0.1) is 6.04 Å². The molecule has 0 saturated carbocycles. The van der Waals surface area contributed by atoms with Crippen molar-refractivity contribution in [1.29, 1.82) is 0 Å². The lowest BCUT2D eigenvalue weighted by Gasteiger charge is -2.17. The highest BCUT2D eigenvalue weighted by molar-refractivity contribution is 9.10. The number of rotatable bonds is 5. The molecule has 2 nitrogen and oxygen atoms in total. The second-order valence-electron chi connectivity index (χ2n) is 4.17. The Balaban J connectivity index is 2.39. The van der Waals surface area contributed by atoms with Crippen molar-refractivity contribution in [2.24, 2.45) is 0 Å². The quantitative estimate of drug-likeness (QED) is 0.878. The second kappa shape index (κ2) is 6.30. The highest BCUT2D eigenvalue weighted by Gasteiger charge is 2.22. The molecule has 0 aliphatic rings. The van der Waals surface area contributed by atoms with Gasteiger partial charge in [0, 0.05) is 5.56 Å². The maximum absolute atomic E-state index is 13.9. The summed E-state index contributed by atoms with van der Waals surface area (Å²) >= 11 is 3.21. The van der Waals surface area contributed by atoms with Crippen LogP contribution in [0.1, 0.15) is 30.7 Å². The van der Waals surface area contributed by atoms with E-state index in [1.54, 1.807) is 18.2 Å². The van der Waals surface area contributed by atoms with Crippen molar-refractivity contribution in [1.82, 2.24) is 5.32 Å². The Morgan fingerprint density at radius 2 is 2.05 bits per heavy atom. The number of nitrogens with one attached hydrogen (secondary N) is 1. The lowest BCUT2D eigenvalue weighted by atomic mass is 10.0. The average Bonchev–Trinajstić information content (AvgIpc) is 2.81. The summed E-state index contributed by atoms with van der Waals surface area (Å²) in [4.78, 5) is 0. The van der Waals surface area contributed by atoms with Crippen LogP contribution < -0.4 is 5.32 Å². The van der Waals surface area contributed by atoms with E-state index >= 15 is 0 Å². The molecule has 19 heavy (non-hydrogen) atoms. The summed E-state index contributed by atoms with van der Waals surface area (Å²) in [6, 6.07) is 7.12. The molecule has 1 atom stereocenters. The molecule has 1 aromatic heterocycles. The van der Waals surface area contributed by atoms with Gasteiger partial charge in [0.25, 0.3) is 0 Å². The zero-order valence-electron chi connectivity index (χ0n) is 10.4. The molecule has 102 valence electrons. The van der Waals surface area contributed by atoms with Crippen LogP contribution in [-0.2, 0) is 0 Å². The van der Waals surface area contributed by atoms with Gasteiger partial charge in [0.1, 0.15) is 5.76 Å². The van der Waals surface area contributed by atoms with E-state index in [0.29, 0.717) is 17.0 Å². The summed E-state index contributed by atoms with van der Waals surface area (Å²) in [6.07, 6.45) is 0.884. The van der Waals surface area contributed by atoms with Crippen LogP contribution in [0.25, 0.3) is 0 Å². The molecule has 1 unspecified atom stereocenters. The predicted octanol–water partition coefficient (Wildman–Crippen LogP) is 4.41. The molecular formula is C14H14BrF2NO. The summed E-state index contributed by atoms with van der Waals surface area (Å²) < 4.78 is 33.3. The van der Waals surface area contributed by atoms with E-state index in [9.17, 15) is 8.78 Å². The SMILES string of the molecule is CCCNC(c1ccc(Br)o1)c1cccc(F)c1F. The molecule has 0 amide bonds. The van der Waals surface area contributed by atoms with Crippen molar-refractivity contribution in [3.8, 4) is 0 Å². The minimum absolute atomic E-state index is 0.246. The van der Waals surface area contributed by atoms with Gasteiger partial charge in [-0.15, -0.1) is 0 Å². The Morgan fingerprint density at radius 1 is 1.26 bits per heavy atom. The molecule has 1 heterocycles. The molecule has 5 heteroatoms. The molecule has 2 aromatic rings. The van der Waals surface area contributed by atoms with Crippen LogP contribution in [0.2, 0.25) is 0 Å². The normalized spacial score (nSPS) is 12.6. The lowest BCUT2D eigenvalue weighted by molar-refractivity contribution is 0.416. The Morgan fingerprint density at radius 3 is 2.68 bits per heavy atom. The van der Waals surface area contributed by atoms with E-state index in [-0.39, 0.29) is 5.56 Å². The number of halogens is 3. The summed E-state index contributed by atoms with van der Waals surface area (Å²) in [6.45, 7) is 2.68. The smallest absolute Gasteiger partial charge is 0.169 e. The van der Waals surface area contributed by atoms with Gasteiger partial charge in [-0.05, 0) is 47.1 Å². The van der Waals surface area contributed by atoms with E-state index in [4.69, 9.17) is 4.42 Å². The molecule has 0 fully saturated rings. The van der Waals surface area contributed by atoms with Crippen molar-refractivity contribution in [3.05, 3.63) is 58.0 Å². The van der Waals surface area contributed by atoms with Crippen LogP contribution in [0.3, 0.4) is 0 Å². The first-order chi connectivity index (χ1) is 9.13. The van der Waals surface area contributed by atoms with Crippen LogP contribution in [0.4, 0.5) is 8.78 Å². The van der Waals surface area contributed by atoms with Crippen LogP contribution in [0.5, 0.6) is 0 Å². The Hall–Kier alpha value is -1.20. The third-order valence-electron chi connectivity index (χ3n) is 2.77. The standard InChI is InChI=1S/C14H14BrF2NO/c1-2-8-18-14(11-6-7-12(15)19-11)9-4-3-5-10(16)13(9)17/h3-7,14,18H,2,8H2,1H3. The van der Waals surface area contributed by atoms with E-state index in [1.165, 1.54) is 6.07 Å². The van der Waals surface area contributed by atoms with Gasteiger partial charge in [-0.2, -0.15) is 0 Å². The molecule has 0 radical (unpaired) electrons. The van der Waals surface area contributed by atoms with E-state index in [0.717, 1.165) is 12.5 Å². The topological polar surface area (TPSA) is 25.2 Å². The third kappa shape index (κ3) is 3.22. The average molecular weight is 330 g/mol. The number of hydrogen-bond acceptors (Lipinski definition) is 2. The zero-order chi connectivity index (χ0) is 13.8. The number of furan rings is 1. The Bertz CT molecular complexity index is 556. The predicted molar refractivity (Wildman–Crippen MR) is 72.9 cm³/mol. The molecule has 2 rings (SSSR count). The van der Waals surface area contributed by atoms with Gasteiger partial charge in [-0.3, -0.25) is 0 Å². The van der Waals surface area contributed by atoms with Crippen molar-refractivity contribution in [3.63, 3.8) is 0 Å². The van der Waals surface area contributed by atoms with Gasteiger partial charge in [0.2, 0.25) is 0 Å². The zero-order valence-corrected chi connectivity index (χ0v) is 12.0. The van der Waals surface area contributed by atoms with Gasteiger partial charge >= 0.3 is 0 Å². The third-order valence-corrected chi connectivity index (χ3v) is 3.20. The summed E-state index contributed by atoms with van der Waals surface area (Å²) in [5.74, 6) is -1.15. The summed E-state index contributed by atoms with van der Waals surface area (Å²) in [5.41, 5.74) is 0.246. The van der Waals surface area contributed by atoms with Gasteiger partial charge < -0.3 is 9.73 Å². The van der Waals surface area contributed by atoms with Crippen LogP contribution in [0, 0.1) is 11.6 Å². The first-order valence-corrected chi connectivity index (χ1v) is 6.85. The van der Waals surface area contributed by atoms with Crippen molar-refractivity contribution in [2.75, 3.05) is 6.54 Å². The fourth-order valence-electron chi connectivity index (χ4n) is 1.88. The maximum Gasteiger partial charge on any atom is 0.169 e. The number of benzene rings is 1. The molecule has 0 spiro atoms. The molecular weight excluding hydrogens is 316 g/mol. The Labute approximate surface area is 118 Å². The van der Waals surface area contributed by atoms with Crippen LogP contribution in [-0.4, -0.2) is 6.54 Å². The first kappa shape index (κ1) is 14.2. The molecule has 1 aromatic carbocycles. The fraction of sp³-hybridized carbons (Fsp3) is 0.286. The fourth-order valence-corrected chi connectivity index (χ4v) is 2.20. The first-order valence-electron chi connectivity index (χ1n) is 6.06. The summed E-state index contributed by atoms with van der Waals surface area (Å²) in [7, 11) is 0. The van der Waals surface area contributed by atoms with Crippen molar-refractivity contribution >= 4 is 15.9 Å². The molecule has 1 N–H and O–H groups in total. The van der Waals surface area contributed by atoms with Gasteiger partial charge in [-0.1, -0.05) is 19.1 Å². The van der Waals surface area contributed by atoms with E-state index < -0.39 is 17.7 Å². The lowest BCUT2D eigenvalue weighted by Crippen LogP contribution is -2.24. The largest absolute Gasteiger partial charge is 0.452 e. The molecule has 0 bridgehead atoms. The minimum atomic E-state index is -0.855. The van der Waals surface area contributed by atoms with Gasteiger partial charge in [-0.25, -0.2) is 8.78 Å². The van der Waals surface area contributed by atoms with Crippen LogP contribution >= 0.6 is 15.9 Å². The Kier molecular flexibility index (Phi) is 4.71. The van der Waals surface area contributed by atoms with E-state index in [1.807, 2.05) is 6.92 Å². The van der Waals surface area contributed by atoms with Crippen LogP contribution in [0.15, 0.2) is 39.4 Å². The maximum atomic E-state index is 13.9. The monoisotopic (exact) mass is 329 g/mol. The molecule has 0 aliphatic carbocycles. The summed E-state index contributed by atoms with van der Waals surface area (Å²) in [5, 5.41) is 3.16. The van der Waals surface area contributed by atoms with Gasteiger partial charge in [0.15, 0.2) is 16.3 Å².